The highest BCUT2D eigenvalue weighted by Crippen LogP contribution is 2.49. The van der Waals surface area contributed by atoms with Gasteiger partial charge in [-0.15, -0.1) is 0 Å². The molecule has 1 nitrogen and oxygen atoms in total. The molecule has 2 heteroatoms. The minimum atomic E-state index is -0.696. The van der Waals surface area contributed by atoms with Crippen LogP contribution in [0.15, 0.2) is 24.3 Å². The van der Waals surface area contributed by atoms with E-state index in [0.717, 1.165) is 24.8 Å². The van der Waals surface area contributed by atoms with Gasteiger partial charge in [0.05, 0.1) is 5.60 Å². The molecular formula is C12H15ClO. The predicted molar refractivity (Wildman–Crippen MR) is 58.4 cm³/mol. The van der Waals surface area contributed by atoms with Crippen molar-refractivity contribution in [2.75, 3.05) is 0 Å². The zero-order valence-corrected chi connectivity index (χ0v) is 9.09. The first-order valence-corrected chi connectivity index (χ1v) is 5.53. The van der Waals surface area contributed by atoms with Gasteiger partial charge in [-0.1, -0.05) is 36.7 Å². The summed E-state index contributed by atoms with van der Waals surface area (Å²) in [6, 6.07) is 7.61. The van der Waals surface area contributed by atoms with Gasteiger partial charge in [0.1, 0.15) is 0 Å². The SMILES string of the molecule is CC[C@@](O)(c1ccccc1Cl)C1CC1. The lowest BCUT2D eigenvalue weighted by Crippen LogP contribution is -2.27. The Morgan fingerprint density at radius 1 is 1.43 bits per heavy atom. The molecular weight excluding hydrogens is 196 g/mol. The van der Waals surface area contributed by atoms with E-state index in [1.807, 2.05) is 31.2 Å². The molecule has 1 N–H and O–H groups in total. The van der Waals surface area contributed by atoms with Crippen LogP contribution in [0.3, 0.4) is 0 Å². The average molecular weight is 211 g/mol. The molecule has 0 unspecified atom stereocenters. The van der Waals surface area contributed by atoms with Gasteiger partial charge in [-0.25, -0.2) is 0 Å². The maximum absolute atomic E-state index is 10.5. The molecule has 2 rings (SSSR count). The zero-order valence-electron chi connectivity index (χ0n) is 8.33. The Hall–Kier alpha value is -0.530. The maximum atomic E-state index is 10.5. The molecule has 1 atom stereocenters. The smallest absolute Gasteiger partial charge is 0.0936 e. The fourth-order valence-electron chi connectivity index (χ4n) is 2.07. The van der Waals surface area contributed by atoms with Crippen molar-refractivity contribution in [2.45, 2.75) is 31.8 Å². The molecule has 1 aromatic rings. The van der Waals surface area contributed by atoms with Crippen LogP contribution in [0.5, 0.6) is 0 Å². The Morgan fingerprint density at radius 2 is 2.07 bits per heavy atom. The van der Waals surface area contributed by atoms with E-state index in [9.17, 15) is 5.11 Å². The number of hydrogen-bond donors (Lipinski definition) is 1. The highest BCUT2D eigenvalue weighted by Gasteiger charge is 2.44. The molecule has 1 fully saturated rings. The molecule has 0 bridgehead atoms. The summed E-state index contributed by atoms with van der Waals surface area (Å²) in [5.41, 5.74) is 0.199. The molecule has 0 heterocycles. The molecule has 1 saturated carbocycles. The van der Waals surface area contributed by atoms with Crippen LogP contribution in [0.1, 0.15) is 31.7 Å². The Morgan fingerprint density at radius 3 is 2.57 bits per heavy atom. The van der Waals surface area contributed by atoms with Crippen LogP contribution in [0.25, 0.3) is 0 Å². The minimum absolute atomic E-state index is 0.410. The van der Waals surface area contributed by atoms with Crippen LogP contribution in [-0.2, 0) is 5.60 Å². The van der Waals surface area contributed by atoms with Gasteiger partial charge in [-0.2, -0.15) is 0 Å². The third-order valence-electron chi connectivity index (χ3n) is 3.13. The summed E-state index contributed by atoms with van der Waals surface area (Å²) in [5.74, 6) is 0.410. The monoisotopic (exact) mass is 210 g/mol. The van der Waals surface area contributed by atoms with E-state index in [0.29, 0.717) is 10.9 Å². The number of aliphatic hydroxyl groups is 1. The van der Waals surface area contributed by atoms with Gasteiger partial charge < -0.3 is 5.11 Å². The molecule has 1 aromatic carbocycles. The van der Waals surface area contributed by atoms with Crippen LogP contribution in [0, 0.1) is 5.92 Å². The van der Waals surface area contributed by atoms with Crippen molar-refractivity contribution >= 4 is 11.6 Å². The van der Waals surface area contributed by atoms with Gasteiger partial charge in [-0.3, -0.25) is 0 Å². The molecule has 76 valence electrons. The maximum Gasteiger partial charge on any atom is 0.0936 e. The van der Waals surface area contributed by atoms with Crippen LogP contribution in [-0.4, -0.2) is 5.11 Å². The molecule has 0 aromatic heterocycles. The van der Waals surface area contributed by atoms with Gasteiger partial charge in [-0.05, 0) is 31.2 Å². The summed E-state index contributed by atoms with van der Waals surface area (Å²) in [6.45, 7) is 2.02. The summed E-state index contributed by atoms with van der Waals surface area (Å²) in [5, 5.41) is 11.2. The number of halogens is 1. The predicted octanol–water partition coefficient (Wildman–Crippen LogP) is 3.35. The first-order chi connectivity index (χ1) is 6.68. The van der Waals surface area contributed by atoms with Gasteiger partial charge in [0.2, 0.25) is 0 Å². The second-order valence-corrected chi connectivity index (χ2v) is 4.44. The first kappa shape index (κ1) is 10.0. The number of benzene rings is 1. The molecule has 1 aliphatic carbocycles. The average Bonchev–Trinajstić information content (AvgIpc) is 3.01. The van der Waals surface area contributed by atoms with E-state index >= 15 is 0 Å². The molecule has 1 aliphatic rings. The normalized spacial score (nSPS) is 20.5. The molecule has 0 aliphatic heterocycles. The topological polar surface area (TPSA) is 20.2 Å². The second kappa shape index (κ2) is 3.56. The van der Waals surface area contributed by atoms with Crippen LogP contribution >= 0.6 is 11.6 Å². The highest BCUT2D eigenvalue weighted by molar-refractivity contribution is 6.31. The van der Waals surface area contributed by atoms with Gasteiger partial charge >= 0.3 is 0 Å². The van der Waals surface area contributed by atoms with Crippen molar-refractivity contribution in [1.29, 1.82) is 0 Å². The van der Waals surface area contributed by atoms with Crippen LogP contribution in [0.4, 0.5) is 0 Å². The molecule has 0 radical (unpaired) electrons. The van der Waals surface area contributed by atoms with Crippen molar-refractivity contribution in [3.05, 3.63) is 34.9 Å². The summed E-state index contributed by atoms with van der Waals surface area (Å²) in [6.07, 6.45) is 2.98. The summed E-state index contributed by atoms with van der Waals surface area (Å²) in [4.78, 5) is 0. The van der Waals surface area contributed by atoms with Gasteiger partial charge in [0, 0.05) is 10.6 Å². The lowest BCUT2D eigenvalue weighted by Gasteiger charge is -2.28. The summed E-state index contributed by atoms with van der Waals surface area (Å²) in [7, 11) is 0. The second-order valence-electron chi connectivity index (χ2n) is 4.03. The molecule has 0 spiro atoms. The Labute approximate surface area is 89.7 Å². The molecule has 14 heavy (non-hydrogen) atoms. The summed E-state index contributed by atoms with van der Waals surface area (Å²) < 4.78 is 0. The van der Waals surface area contributed by atoms with Crippen molar-refractivity contribution < 1.29 is 5.11 Å². The molecule has 0 amide bonds. The van der Waals surface area contributed by atoms with E-state index in [1.54, 1.807) is 0 Å². The summed E-state index contributed by atoms with van der Waals surface area (Å²) >= 11 is 6.10. The standard InChI is InChI=1S/C12H15ClO/c1-2-12(14,9-7-8-9)10-5-3-4-6-11(10)13/h3-6,9,14H,2,7-8H2,1H3/t12-/m0/s1. The quantitative estimate of drug-likeness (QED) is 0.812. The highest BCUT2D eigenvalue weighted by atomic mass is 35.5. The van der Waals surface area contributed by atoms with Gasteiger partial charge in [0.25, 0.3) is 0 Å². The fourth-order valence-corrected chi connectivity index (χ4v) is 2.37. The van der Waals surface area contributed by atoms with Gasteiger partial charge in [0.15, 0.2) is 0 Å². The van der Waals surface area contributed by atoms with E-state index in [4.69, 9.17) is 11.6 Å². The van der Waals surface area contributed by atoms with E-state index in [1.165, 1.54) is 0 Å². The lowest BCUT2D eigenvalue weighted by molar-refractivity contribution is 0.00901. The number of hydrogen-bond acceptors (Lipinski definition) is 1. The number of rotatable bonds is 3. The van der Waals surface area contributed by atoms with Crippen molar-refractivity contribution in [2.24, 2.45) is 5.92 Å². The van der Waals surface area contributed by atoms with Crippen molar-refractivity contribution in [3.8, 4) is 0 Å². The zero-order chi connectivity index (χ0) is 10.2. The first-order valence-electron chi connectivity index (χ1n) is 5.16. The fraction of sp³-hybridized carbons (Fsp3) is 0.500. The third kappa shape index (κ3) is 1.55. The van der Waals surface area contributed by atoms with E-state index in [2.05, 4.69) is 0 Å². The Bertz CT molecular complexity index is 333. The van der Waals surface area contributed by atoms with Crippen LogP contribution < -0.4 is 0 Å². The third-order valence-corrected chi connectivity index (χ3v) is 3.46. The lowest BCUT2D eigenvalue weighted by atomic mass is 9.86. The molecule has 0 saturated heterocycles. The van der Waals surface area contributed by atoms with E-state index < -0.39 is 5.60 Å². The van der Waals surface area contributed by atoms with E-state index in [-0.39, 0.29) is 0 Å². The van der Waals surface area contributed by atoms with Crippen molar-refractivity contribution in [1.82, 2.24) is 0 Å². The van der Waals surface area contributed by atoms with Crippen LogP contribution in [0.2, 0.25) is 5.02 Å². The van der Waals surface area contributed by atoms with Crippen molar-refractivity contribution in [3.63, 3.8) is 0 Å². The Kier molecular flexibility index (Phi) is 2.54. The minimum Gasteiger partial charge on any atom is -0.385 e. The largest absolute Gasteiger partial charge is 0.385 e. The Balaban J connectivity index is 2.40.